The molecule has 0 aliphatic rings. The van der Waals surface area contributed by atoms with Crippen LogP contribution < -0.4 is 0 Å². The summed E-state index contributed by atoms with van der Waals surface area (Å²) in [4.78, 5) is 28.6. The van der Waals surface area contributed by atoms with Crippen LogP contribution in [0.5, 0.6) is 0 Å². The summed E-state index contributed by atoms with van der Waals surface area (Å²) in [5.41, 5.74) is 3.03. The van der Waals surface area contributed by atoms with Crippen LogP contribution in [0.2, 0.25) is 0 Å². The van der Waals surface area contributed by atoms with E-state index in [0.717, 1.165) is 57.6 Å². The Bertz CT molecular complexity index is 2490. The van der Waals surface area contributed by atoms with Gasteiger partial charge in [-0.15, -0.1) is 68.5 Å². The molecule has 2 atom stereocenters. The van der Waals surface area contributed by atoms with Crippen molar-refractivity contribution in [2.45, 2.75) is 12.2 Å². The summed E-state index contributed by atoms with van der Waals surface area (Å²) in [6.07, 6.45) is -1.35. The number of hydrogen-bond acceptors (Lipinski definition) is 10. The third kappa shape index (κ3) is 10.9. The van der Waals surface area contributed by atoms with Crippen molar-refractivity contribution in [2.24, 2.45) is 0 Å². The number of aliphatic hydroxyl groups is 2. The van der Waals surface area contributed by atoms with Gasteiger partial charge in [0.2, 0.25) is 11.6 Å². The van der Waals surface area contributed by atoms with Gasteiger partial charge in [-0.3, -0.25) is 9.59 Å². The summed E-state index contributed by atoms with van der Waals surface area (Å²) < 4.78 is 24.0. The Morgan fingerprint density at radius 3 is 1.05 bits per heavy atom. The van der Waals surface area contributed by atoms with Gasteiger partial charge in [-0.1, -0.05) is 121 Å². The van der Waals surface area contributed by atoms with Gasteiger partial charge >= 0.3 is 22.5 Å². The number of halogens is 6. The van der Waals surface area contributed by atoms with Crippen LogP contribution >= 0.6 is 132 Å². The first-order chi connectivity index (χ1) is 28.0. The van der Waals surface area contributed by atoms with Gasteiger partial charge in [-0.2, -0.15) is 0 Å². The van der Waals surface area contributed by atoms with Crippen LogP contribution in [0, 0.1) is 0 Å². The van der Waals surface area contributed by atoms with Crippen molar-refractivity contribution < 1.29 is 42.3 Å². The van der Waals surface area contributed by atoms with E-state index in [4.69, 9.17) is 30.9 Å². The van der Waals surface area contributed by atoms with Crippen LogP contribution in [0.25, 0.3) is 18.8 Å². The monoisotopic (exact) mass is 1180 g/mol. The topological polar surface area (TPSA) is 109 Å². The van der Waals surface area contributed by atoms with E-state index in [1.54, 1.807) is 22.7 Å². The molecule has 2 N–H and O–H groups in total. The number of fused-ring (bicyclic) bond motifs is 2. The van der Waals surface area contributed by atoms with Gasteiger partial charge < -0.3 is 10.2 Å². The molecule has 4 aromatic heterocycles. The van der Waals surface area contributed by atoms with Gasteiger partial charge in [0.15, 0.2) is 0 Å². The van der Waals surface area contributed by atoms with Crippen molar-refractivity contribution >= 4 is 163 Å². The van der Waals surface area contributed by atoms with E-state index in [9.17, 15) is 19.8 Å². The van der Waals surface area contributed by atoms with Gasteiger partial charge in [0.05, 0.1) is 61.5 Å². The number of hydrogen-bond donors (Lipinski definition) is 2. The summed E-state index contributed by atoms with van der Waals surface area (Å²) in [5, 5.41) is 21.7. The fraction of sp³-hybridized carbons (Fsp3) is 0.0732. The van der Waals surface area contributed by atoms with Crippen LogP contribution in [-0.4, -0.2) is 27.1 Å². The van der Waals surface area contributed by atoms with E-state index >= 15 is 0 Å². The molecule has 0 saturated carbocycles. The number of aliphatic hydroxyl groups excluding tert-OH is 2. The van der Waals surface area contributed by atoms with E-state index < -0.39 is 27.0 Å². The summed E-state index contributed by atoms with van der Waals surface area (Å²) in [7, 11) is 0. The molecule has 58 heavy (non-hydrogen) atoms. The average molecular weight is 1190 g/mol. The molecule has 0 aliphatic carbocycles. The van der Waals surface area contributed by atoms with Crippen molar-refractivity contribution in [1.29, 1.82) is 0 Å². The number of benzene rings is 4. The zero-order chi connectivity index (χ0) is 41.9. The maximum absolute atomic E-state index is 12.8. The van der Waals surface area contributed by atoms with E-state index in [1.807, 2.05) is 121 Å². The van der Waals surface area contributed by atoms with E-state index in [1.165, 1.54) is 22.7 Å². The van der Waals surface area contributed by atoms with Gasteiger partial charge in [-0.05, 0) is 74.8 Å². The Labute approximate surface area is 398 Å². The van der Waals surface area contributed by atoms with Crippen molar-refractivity contribution in [3.63, 3.8) is 0 Å². The normalized spacial score (nSPS) is 11.7. The van der Waals surface area contributed by atoms with E-state index in [2.05, 4.69) is 63.7 Å². The van der Waals surface area contributed by atoms with Gasteiger partial charge in [-0.25, -0.2) is 0 Å². The Balaban J connectivity index is 0.000000195. The first-order valence-corrected chi connectivity index (χ1v) is 24.9. The molecule has 0 bridgehead atoms. The summed E-state index contributed by atoms with van der Waals surface area (Å²) in [5.74, 6) is -0.0394. The average Bonchev–Trinajstić information content (AvgIpc) is 3.98. The van der Waals surface area contributed by atoms with Crippen molar-refractivity contribution in [3.05, 3.63) is 181 Å². The Kier molecular flexibility index (Phi) is 18.5. The predicted molar refractivity (Wildman–Crippen MR) is 249 cm³/mol. The van der Waals surface area contributed by atoms with E-state index in [0.29, 0.717) is 20.9 Å². The quantitative estimate of drug-likeness (QED) is 0.0891. The summed E-state index contributed by atoms with van der Waals surface area (Å²) in [6.45, 7) is 0. The number of alkyl halides is 2. The molecule has 6 nitrogen and oxygen atoms in total. The van der Waals surface area contributed by atoms with Gasteiger partial charge in [0, 0.05) is 11.1 Å². The van der Waals surface area contributed by atoms with Crippen LogP contribution in [0.3, 0.4) is 0 Å². The van der Waals surface area contributed by atoms with Crippen molar-refractivity contribution in [2.75, 3.05) is 5.34 Å². The van der Waals surface area contributed by atoms with E-state index in [-0.39, 0.29) is 16.9 Å². The summed E-state index contributed by atoms with van der Waals surface area (Å²) >= 11 is 28.4. The zero-order valence-corrected chi connectivity index (χ0v) is 41.5. The number of carbonyl (C=O) groups is 2. The van der Waals surface area contributed by atoms with Crippen LogP contribution in [0.15, 0.2) is 139 Å². The zero-order valence-electron chi connectivity index (χ0n) is 29.2. The standard InChI is InChI=1S/C20H14Br2O2S2.C20H10Br2O2S2.CH2Cl2.Mn.2O/c2*21-13-17(15(23)11-7-3-1-4-8-11)25-20-14(22)18(26-19(13)20)16(24)12-9-5-2-6-10-12;2-1-3;;;/h1-10,15-16,23-24H;1-10H;1H2;;;. The molecule has 8 rings (SSSR count). The van der Waals surface area contributed by atoms with Crippen molar-refractivity contribution in [3.8, 4) is 0 Å². The molecule has 299 valence electrons. The van der Waals surface area contributed by atoms with Crippen molar-refractivity contribution in [1.82, 2.24) is 0 Å². The second-order valence-electron chi connectivity index (χ2n) is 11.5. The molecule has 4 aromatic carbocycles. The second kappa shape index (κ2) is 22.8. The number of ketones is 2. The first kappa shape index (κ1) is 47.1. The molecule has 8 aromatic rings. The SMILES string of the molecule is ClCCl.O=C(c1ccccc1)c1sc2c(Br)c(C(=O)c3ccccc3)sc2c1Br.OC(c1ccccc1)c1sc2c(Br)c(C(O)c3ccccc3)sc2c1Br.[O]=[Mn]=[O]. The minimum absolute atomic E-state index is 0.0197. The third-order valence-corrected chi connectivity index (χ3v) is 18.6. The molecule has 0 fully saturated rings. The molecular weight excluding hydrogens is 1160 g/mol. The molecule has 2 unspecified atom stereocenters. The Morgan fingerprint density at radius 1 is 0.500 bits per heavy atom. The molecule has 17 heteroatoms. The van der Waals surface area contributed by atoms with Crippen LogP contribution in [0.1, 0.15) is 63.6 Å². The first-order valence-electron chi connectivity index (χ1n) is 16.5. The molecule has 0 spiro atoms. The third-order valence-electron chi connectivity index (χ3n) is 8.09. The van der Waals surface area contributed by atoms with Gasteiger partial charge in [0.25, 0.3) is 0 Å². The fourth-order valence-corrected chi connectivity index (χ4v) is 14.4. The second-order valence-corrected chi connectivity index (χ2v) is 19.9. The number of carbonyl (C=O) groups excluding carboxylic acids is 2. The Hall–Kier alpha value is -1.92. The molecule has 0 saturated heterocycles. The van der Waals surface area contributed by atoms with Gasteiger partial charge in [0.1, 0.15) is 12.2 Å². The van der Waals surface area contributed by atoms with Crippen LogP contribution in [0.4, 0.5) is 0 Å². The fourth-order valence-electron chi connectivity index (χ4n) is 5.45. The molecule has 0 radical (unpaired) electrons. The maximum atomic E-state index is 12.8. The Morgan fingerprint density at radius 2 is 0.759 bits per heavy atom. The summed E-state index contributed by atoms with van der Waals surface area (Å²) in [6, 6.07) is 37.7. The minimum atomic E-state index is -1.44. The number of thiophene rings is 4. The van der Waals surface area contributed by atoms with Crippen LogP contribution in [-0.2, 0) is 22.5 Å². The number of rotatable bonds is 8. The molecule has 0 amide bonds. The predicted octanol–water partition coefficient (Wildman–Crippen LogP) is 14.8. The molecular formula is C41H26Br4Cl2MnO6S4. The molecule has 0 aliphatic heterocycles. The molecule has 4 heterocycles.